The van der Waals surface area contributed by atoms with Crippen LogP contribution in [-0.4, -0.2) is 35.1 Å². The lowest BCUT2D eigenvalue weighted by atomic mass is 10.1. The molecule has 29 heavy (non-hydrogen) atoms. The summed E-state index contributed by atoms with van der Waals surface area (Å²) in [7, 11) is 0. The average Bonchev–Trinajstić information content (AvgIpc) is 2.72. The van der Waals surface area contributed by atoms with E-state index < -0.39 is 6.04 Å². The van der Waals surface area contributed by atoms with Gasteiger partial charge < -0.3 is 10.2 Å². The Morgan fingerprint density at radius 2 is 1.79 bits per heavy atom. The maximum atomic E-state index is 13.2. The minimum atomic E-state index is -0.487. The fourth-order valence-corrected chi connectivity index (χ4v) is 3.93. The number of halogens is 1. The highest BCUT2D eigenvalue weighted by atomic mass is 35.5. The molecule has 0 aliphatic rings. The van der Waals surface area contributed by atoms with Gasteiger partial charge in [-0.3, -0.25) is 9.59 Å². The first-order valence-electron chi connectivity index (χ1n) is 9.96. The zero-order chi connectivity index (χ0) is 21.2. The van der Waals surface area contributed by atoms with E-state index in [1.165, 1.54) is 11.8 Å². The first-order chi connectivity index (χ1) is 14.0. The maximum Gasteiger partial charge on any atom is 0.242 e. The van der Waals surface area contributed by atoms with E-state index >= 15 is 0 Å². The number of carbonyl (C=O) groups is 2. The summed E-state index contributed by atoms with van der Waals surface area (Å²) < 4.78 is 0. The number of hydrogen-bond donors (Lipinski definition) is 1. The molecule has 0 spiro atoms. The molecule has 1 N–H and O–H groups in total. The van der Waals surface area contributed by atoms with Gasteiger partial charge in [0.05, 0.1) is 5.75 Å². The molecule has 0 heterocycles. The molecule has 2 rings (SSSR count). The lowest BCUT2D eigenvalue weighted by Crippen LogP contribution is -2.49. The van der Waals surface area contributed by atoms with E-state index in [1.807, 2.05) is 69.3 Å². The van der Waals surface area contributed by atoms with Crippen molar-refractivity contribution in [1.29, 1.82) is 0 Å². The predicted octanol–water partition coefficient (Wildman–Crippen LogP) is 5.07. The number of aryl methyl sites for hydroxylation is 1. The van der Waals surface area contributed by atoms with Crippen LogP contribution in [0.3, 0.4) is 0 Å². The van der Waals surface area contributed by atoms with Crippen LogP contribution in [0.2, 0.25) is 5.02 Å². The van der Waals surface area contributed by atoms with Gasteiger partial charge in [0.1, 0.15) is 6.04 Å². The lowest BCUT2D eigenvalue weighted by Gasteiger charge is -2.31. The summed E-state index contributed by atoms with van der Waals surface area (Å²) in [6.45, 7) is 7.02. The molecule has 0 unspecified atom stereocenters. The Kier molecular flexibility index (Phi) is 9.55. The summed E-state index contributed by atoms with van der Waals surface area (Å²) >= 11 is 7.39. The van der Waals surface area contributed by atoms with Crippen LogP contribution in [-0.2, 0) is 16.1 Å². The normalized spacial score (nSPS) is 11.7. The first kappa shape index (κ1) is 23.3. The van der Waals surface area contributed by atoms with Gasteiger partial charge in [0.25, 0.3) is 0 Å². The van der Waals surface area contributed by atoms with Crippen LogP contribution in [0, 0.1) is 6.92 Å². The van der Waals surface area contributed by atoms with Gasteiger partial charge in [0.15, 0.2) is 0 Å². The van der Waals surface area contributed by atoms with Crippen LogP contribution >= 0.6 is 23.4 Å². The summed E-state index contributed by atoms with van der Waals surface area (Å²) in [6.07, 6.45) is 1.43. The minimum Gasteiger partial charge on any atom is -0.354 e. The molecule has 6 heteroatoms. The molecule has 156 valence electrons. The molecule has 0 aliphatic heterocycles. The number of thioether (sulfide) groups is 1. The van der Waals surface area contributed by atoms with Gasteiger partial charge in [-0.05, 0) is 55.2 Å². The second-order valence-corrected chi connectivity index (χ2v) is 8.39. The Morgan fingerprint density at radius 1 is 1.10 bits per heavy atom. The fraction of sp³-hybridized carbons (Fsp3) is 0.391. The van der Waals surface area contributed by atoms with E-state index in [4.69, 9.17) is 11.6 Å². The molecular formula is C23H29ClN2O2S. The van der Waals surface area contributed by atoms with E-state index in [0.717, 1.165) is 22.4 Å². The molecule has 2 aromatic carbocycles. The molecule has 0 bridgehead atoms. The number of hydrogen-bond acceptors (Lipinski definition) is 3. The van der Waals surface area contributed by atoms with Gasteiger partial charge in [-0.2, -0.15) is 0 Å². The van der Waals surface area contributed by atoms with Crippen LogP contribution in [0.1, 0.15) is 37.8 Å². The molecule has 0 fully saturated rings. The Morgan fingerprint density at radius 3 is 2.41 bits per heavy atom. The number of nitrogens with one attached hydrogen (secondary N) is 1. The average molecular weight is 433 g/mol. The molecule has 0 saturated carbocycles. The maximum absolute atomic E-state index is 13.2. The number of benzene rings is 2. The monoisotopic (exact) mass is 432 g/mol. The second kappa shape index (κ2) is 11.9. The van der Waals surface area contributed by atoms with Crippen LogP contribution in [0.15, 0.2) is 53.4 Å². The van der Waals surface area contributed by atoms with Crippen molar-refractivity contribution in [3.8, 4) is 0 Å². The first-order valence-corrected chi connectivity index (χ1v) is 11.3. The van der Waals surface area contributed by atoms with Crippen LogP contribution in [0.25, 0.3) is 0 Å². The molecular weight excluding hydrogens is 404 g/mol. The smallest absolute Gasteiger partial charge is 0.242 e. The number of amides is 2. The second-order valence-electron chi connectivity index (χ2n) is 6.91. The zero-order valence-corrected chi connectivity index (χ0v) is 18.9. The molecule has 0 aromatic heterocycles. The number of carbonyl (C=O) groups excluding carboxylic acids is 2. The van der Waals surface area contributed by atoms with Crippen LogP contribution in [0.4, 0.5) is 0 Å². The van der Waals surface area contributed by atoms with E-state index in [2.05, 4.69) is 5.32 Å². The van der Waals surface area contributed by atoms with Gasteiger partial charge >= 0.3 is 0 Å². The topological polar surface area (TPSA) is 49.4 Å². The van der Waals surface area contributed by atoms with Gasteiger partial charge in [0, 0.05) is 23.0 Å². The van der Waals surface area contributed by atoms with Crippen molar-refractivity contribution < 1.29 is 9.59 Å². The summed E-state index contributed by atoms with van der Waals surface area (Å²) in [5, 5.41) is 3.61. The third kappa shape index (κ3) is 7.09. The highest BCUT2D eigenvalue weighted by Crippen LogP contribution is 2.22. The largest absolute Gasteiger partial charge is 0.354 e. The Hall–Kier alpha value is -1.98. The van der Waals surface area contributed by atoms with E-state index in [9.17, 15) is 9.59 Å². The van der Waals surface area contributed by atoms with Crippen molar-refractivity contribution in [3.63, 3.8) is 0 Å². The number of nitrogens with zero attached hydrogens (tertiary/aromatic N) is 1. The Balaban J connectivity index is 2.19. The highest BCUT2D eigenvalue weighted by Gasteiger charge is 2.28. The molecule has 4 nitrogen and oxygen atoms in total. The van der Waals surface area contributed by atoms with Crippen molar-refractivity contribution in [2.45, 2.75) is 51.1 Å². The zero-order valence-electron chi connectivity index (χ0n) is 17.3. The third-order valence-electron chi connectivity index (χ3n) is 4.71. The quantitative estimate of drug-likeness (QED) is 0.533. The number of rotatable bonds is 10. The summed E-state index contributed by atoms with van der Waals surface area (Å²) in [5.41, 5.74) is 2.17. The lowest BCUT2D eigenvalue weighted by molar-refractivity contribution is -0.139. The van der Waals surface area contributed by atoms with Crippen LogP contribution in [0.5, 0.6) is 0 Å². The summed E-state index contributed by atoms with van der Waals surface area (Å²) in [4.78, 5) is 28.6. The molecule has 0 saturated heterocycles. The van der Waals surface area contributed by atoms with E-state index in [1.54, 1.807) is 4.90 Å². The standard InChI is InChI=1S/C23H29ClN2O2S/c1-4-14-25-23(28)21(5-2)26(15-18-9-7-6-8-17(18)3)22(27)16-29-20-12-10-19(24)11-13-20/h6-13,21H,4-5,14-16H2,1-3H3,(H,25,28)/t21-/m0/s1. The molecule has 2 aromatic rings. The van der Waals surface area contributed by atoms with Crippen molar-refractivity contribution in [1.82, 2.24) is 10.2 Å². The van der Waals surface area contributed by atoms with E-state index in [0.29, 0.717) is 24.5 Å². The van der Waals surface area contributed by atoms with Crippen molar-refractivity contribution >= 4 is 35.2 Å². The van der Waals surface area contributed by atoms with Gasteiger partial charge in [-0.15, -0.1) is 11.8 Å². The summed E-state index contributed by atoms with van der Waals surface area (Å²) in [5.74, 6) is 0.130. The molecule has 2 amide bonds. The van der Waals surface area contributed by atoms with Gasteiger partial charge in [0.2, 0.25) is 11.8 Å². The van der Waals surface area contributed by atoms with Crippen LogP contribution < -0.4 is 5.32 Å². The Bertz CT molecular complexity index is 811. The molecule has 0 radical (unpaired) electrons. The van der Waals surface area contributed by atoms with E-state index in [-0.39, 0.29) is 17.6 Å². The van der Waals surface area contributed by atoms with Crippen molar-refractivity contribution in [2.24, 2.45) is 0 Å². The van der Waals surface area contributed by atoms with Crippen molar-refractivity contribution in [2.75, 3.05) is 12.3 Å². The minimum absolute atomic E-state index is 0.0494. The SMILES string of the molecule is CCCNC(=O)[C@H](CC)N(Cc1ccccc1C)C(=O)CSc1ccc(Cl)cc1. The molecule has 0 aliphatic carbocycles. The predicted molar refractivity (Wildman–Crippen MR) is 121 cm³/mol. The fourth-order valence-electron chi connectivity index (χ4n) is 3.02. The van der Waals surface area contributed by atoms with Gasteiger partial charge in [-0.25, -0.2) is 0 Å². The summed E-state index contributed by atoms with van der Waals surface area (Å²) in [6, 6.07) is 14.9. The highest BCUT2D eigenvalue weighted by molar-refractivity contribution is 8.00. The Labute approximate surface area is 183 Å². The van der Waals surface area contributed by atoms with Crippen molar-refractivity contribution in [3.05, 3.63) is 64.7 Å². The third-order valence-corrected chi connectivity index (χ3v) is 5.96. The molecule has 1 atom stereocenters. The van der Waals surface area contributed by atoms with Gasteiger partial charge in [-0.1, -0.05) is 49.7 Å².